The Morgan fingerprint density at radius 3 is 2.21 bits per heavy atom. The first kappa shape index (κ1) is 25.1. The van der Waals surface area contributed by atoms with Crippen LogP contribution in [0.2, 0.25) is 10.0 Å². The Morgan fingerprint density at radius 1 is 1.03 bits per heavy atom. The van der Waals surface area contributed by atoms with Crippen LogP contribution in [0.4, 0.5) is 5.69 Å². The molecule has 33 heavy (non-hydrogen) atoms. The van der Waals surface area contributed by atoms with Gasteiger partial charge in [-0.15, -0.1) is 11.8 Å². The van der Waals surface area contributed by atoms with E-state index in [2.05, 4.69) is 10.5 Å². The maximum absolute atomic E-state index is 13.4. The fourth-order valence-corrected chi connectivity index (χ4v) is 5.19. The number of carbonyl (C=O) groups is 1. The standard InChI is InChI=1S/C23H21Cl2N3O3S2/c1-16-6-8-17(9-7-16)28(33(30,31)19-12-10-18(32-2)11-13-19)15-23(29)27-26-14-20-21(24)4-3-5-22(20)25/h3-14H,15H2,1-2H3,(H,27,29)/b26-14-. The van der Waals surface area contributed by atoms with Crippen molar-refractivity contribution >= 4 is 62.8 Å². The van der Waals surface area contributed by atoms with Crippen LogP contribution in [-0.4, -0.2) is 33.3 Å². The summed E-state index contributed by atoms with van der Waals surface area (Å²) in [5.74, 6) is -0.626. The number of sulfonamides is 1. The number of hydrogen-bond acceptors (Lipinski definition) is 5. The number of carbonyl (C=O) groups excluding carboxylic acids is 1. The molecule has 10 heteroatoms. The van der Waals surface area contributed by atoms with Crippen molar-refractivity contribution in [1.29, 1.82) is 0 Å². The number of amides is 1. The lowest BCUT2D eigenvalue weighted by molar-refractivity contribution is -0.119. The van der Waals surface area contributed by atoms with E-state index in [9.17, 15) is 13.2 Å². The number of hydrazone groups is 1. The average molecular weight is 522 g/mol. The Kier molecular flexibility index (Phi) is 8.42. The number of rotatable bonds is 8. The Hall–Kier alpha value is -2.52. The zero-order valence-corrected chi connectivity index (χ0v) is 21.0. The number of thioether (sulfide) groups is 1. The minimum Gasteiger partial charge on any atom is -0.271 e. The molecule has 0 spiro atoms. The lowest BCUT2D eigenvalue weighted by atomic mass is 10.2. The van der Waals surface area contributed by atoms with E-state index in [1.165, 1.54) is 30.1 Å². The molecular weight excluding hydrogens is 501 g/mol. The van der Waals surface area contributed by atoms with E-state index in [-0.39, 0.29) is 4.90 Å². The van der Waals surface area contributed by atoms with Gasteiger partial charge in [0, 0.05) is 10.5 Å². The van der Waals surface area contributed by atoms with Gasteiger partial charge in [0.15, 0.2) is 0 Å². The smallest absolute Gasteiger partial charge is 0.264 e. The highest BCUT2D eigenvalue weighted by Gasteiger charge is 2.27. The summed E-state index contributed by atoms with van der Waals surface area (Å²) < 4.78 is 27.9. The van der Waals surface area contributed by atoms with Crippen molar-refractivity contribution in [3.05, 3.63) is 87.9 Å². The van der Waals surface area contributed by atoms with Crippen molar-refractivity contribution in [2.75, 3.05) is 17.1 Å². The molecule has 0 atom stereocenters. The Bertz CT molecular complexity index is 1240. The third kappa shape index (κ3) is 6.29. The van der Waals surface area contributed by atoms with Crippen molar-refractivity contribution in [1.82, 2.24) is 5.43 Å². The van der Waals surface area contributed by atoms with Gasteiger partial charge in [0.1, 0.15) is 6.54 Å². The Balaban J connectivity index is 1.86. The predicted octanol–water partition coefficient (Wildman–Crippen LogP) is 5.37. The summed E-state index contributed by atoms with van der Waals surface area (Å²) in [5.41, 5.74) is 4.11. The van der Waals surface area contributed by atoms with E-state index in [0.717, 1.165) is 14.8 Å². The summed E-state index contributed by atoms with van der Waals surface area (Å²) in [6.07, 6.45) is 3.22. The van der Waals surface area contributed by atoms with Gasteiger partial charge in [-0.2, -0.15) is 5.10 Å². The summed E-state index contributed by atoms with van der Waals surface area (Å²) in [5, 5.41) is 4.63. The highest BCUT2D eigenvalue weighted by molar-refractivity contribution is 7.98. The minimum absolute atomic E-state index is 0.0834. The van der Waals surface area contributed by atoms with Crippen LogP contribution < -0.4 is 9.73 Å². The summed E-state index contributed by atoms with van der Waals surface area (Å²) in [6.45, 7) is 1.42. The van der Waals surface area contributed by atoms with Crippen LogP contribution in [0, 0.1) is 6.92 Å². The second-order valence-electron chi connectivity index (χ2n) is 6.95. The molecular formula is C23H21Cl2N3O3S2. The van der Waals surface area contributed by atoms with Gasteiger partial charge >= 0.3 is 0 Å². The fourth-order valence-electron chi connectivity index (χ4n) is 2.87. The molecule has 0 saturated carbocycles. The lowest BCUT2D eigenvalue weighted by Gasteiger charge is -2.24. The molecule has 0 aliphatic heterocycles. The highest BCUT2D eigenvalue weighted by Crippen LogP contribution is 2.26. The Morgan fingerprint density at radius 2 is 1.64 bits per heavy atom. The molecule has 0 heterocycles. The van der Waals surface area contributed by atoms with Gasteiger partial charge in [-0.25, -0.2) is 13.8 Å². The molecule has 0 bridgehead atoms. The summed E-state index contributed by atoms with van der Waals surface area (Å²) >= 11 is 13.7. The van der Waals surface area contributed by atoms with Crippen molar-refractivity contribution in [3.63, 3.8) is 0 Å². The van der Waals surface area contributed by atoms with E-state index in [1.54, 1.807) is 54.6 Å². The zero-order valence-electron chi connectivity index (χ0n) is 17.8. The third-order valence-corrected chi connectivity index (χ3v) is 7.83. The van der Waals surface area contributed by atoms with E-state index in [1.807, 2.05) is 13.2 Å². The zero-order chi connectivity index (χ0) is 24.0. The maximum Gasteiger partial charge on any atom is 0.264 e. The van der Waals surface area contributed by atoms with Crippen molar-refractivity contribution < 1.29 is 13.2 Å². The van der Waals surface area contributed by atoms with E-state index >= 15 is 0 Å². The number of hydrogen-bond donors (Lipinski definition) is 1. The summed E-state index contributed by atoms with van der Waals surface area (Å²) in [6, 6.07) is 18.4. The number of nitrogens with one attached hydrogen (secondary N) is 1. The SMILES string of the molecule is CSc1ccc(S(=O)(=O)N(CC(=O)N/N=C\c2c(Cl)cccc2Cl)c2ccc(C)cc2)cc1. The van der Waals surface area contributed by atoms with E-state index in [4.69, 9.17) is 23.2 Å². The molecule has 1 N–H and O–H groups in total. The molecule has 0 radical (unpaired) electrons. The van der Waals surface area contributed by atoms with Crippen LogP contribution in [0.5, 0.6) is 0 Å². The van der Waals surface area contributed by atoms with E-state index < -0.39 is 22.5 Å². The molecule has 0 unspecified atom stereocenters. The molecule has 0 aliphatic carbocycles. The van der Waals surface area contributed by atoms with Gasteiger partial charge in [0.2, 0.25) is 0 Å². The van der Waals surface area contributed by atoms with Gasteiger partial charge < -0.3 is 0 Å². The second-order valence-corrected chi connectivity index (χ2v) is 10.5. The van der Waals surface area contributed by atoms with Crippen molar-refractivity contribution in [2.24, 2.45) is 5.10 Å². The highest BCUT2D eigenvalue weighted by atomic mass is 35.5. The van der Waals surface area contributed by atoms with Crippen molar-refractivity contribution in [2.45, 2.75) is 16.7 Å². The quantitative estimate of drug-likeness (QED) is 0.245. The van der Waals surface area contributed by atoms with Gasteiger partial charge in [0.25, 0.3) is 15.9 Å². The predicted molar refractivity (Wildman–Crippen MR) is 136 cm³/mol. The first-order valence-corrected chi connectivity index (χ1v) is 13.1. The molecule has 6 nitrogen and oxygen atoms in total. The molecule has 0 saturated heterocycles. The van der Waals surface area contributed by atoms with Gasteiger partial charge in [0.05, 0.1) is 26.8 Å². The normalized spacial score (nSPS) is 11.5. The fraction of sp³-hybridized carbons (Fsp3) is 0.130. The van der Waals surface area contributed by atoms with Gasteiger partial charge in [-0.1, -0.05) is 47.0 Å². The number of nitrogens with zero attached hydrogens (tertiary/aromatic N) is 2. The summed E-state index contributed by atoms with van der Waals surface area (Å²) in [7, 11) is -4.01. The first-order valence-electron chi connectivity index (χ1n) is 9.72. The molecule has 0 aliphatic rings. The molecule has 1 amide bonds. The topological polar surface area (TPSA) is 78.8 Å². The van der Waals surface area contributed by atoms with Crippen LogP contribution in [0.1, 0.15) is 11.1 Å². The number of anilines is 1. The van der Waals surface area contributed by atoms with Crippen LogP contribution in [-0.2, 0) is 14.8 Å². The molecule has 3 aromatic carbocycles. The third-order valence-electron chi connectivity index (χ3n) is 4.64. The Labute approximate surface area is 207 Å². The van der Waals surface area contributed by atoms with E-state index in [0.29, 0.717) is 21.3 Å². The van der Waals surface area contributed by atoms with Gasteiger partial charge in [-0.05, 0) is 61.7 Å². The van der Waals surface area contributed by atoms with Crippen LogP contribution in [0.25, 0.3) is 0 Å². The number of aryl methyl sites for hydroxylation is 1. The van der Waals surface area contributed by atoms with Gasteiger partial charge in [-0.3, -0.25) is 9.10 Å². The molecule has 172 valence electrons. The molecule has 3 rings (SSSR count). The second kappa shape index (κ2) is 11.1. The summed E-state index contributed by atoms with van der Waals surface area (Å²) in [4.78, 5) is 13.6. The maximum atomic E-state index is 13.4. The van der Waals surface area contributed by atoms with Crippen LogP contribution in [0.3, 0.4) is 0 Å². The lowest BCUT2D eigenvalue weighted by Crippen LogP contribution is -2.39. The number of halogens is 2. The average Bonchev–Trinajstić information content (AvgIpc) is 2.80. The monoisotopic (exact) mass is 521 g/mol. The minimum atomic E-state index is -4.01. The molecule has 0 fully saturated rings. The number of benzene rings is 3. The first-order chi connectivity index (χ1) is 15.7. The van der Waals surface area contributed by atoms with Crippen molar-refractivity contribution in [3.8, 4) is 0 Å². The van der Waals surface area contributed by atoms with Crippen LogP contribution >= 0.6 is 35.0 Å². The van der Waals surface area contributed by atoms with Crippen LogP contribution in [0.15, 0.2) is 81.6 Å². The molecule has 3 aromatic rings. The molecule has 0 aromatic heterocycles. The largest absolute Gasteiger partial charge is 0.271 e.